The van der Waals surface area contributed by atoms with Gasteiger partial charge in [0, 0.05) is 6.54 Å². The maximum atomic E-state index is 10.9. The van der Waals surface area contributed by atoms with Crippen LogP contribution in [0.4, 0.5) is 0 Å². The van der Waals surface area contributed by atoms with Crippen LogP contribution in [0.15, 0.2) is 22.5 Å². The number of hydrogen-bond donors (Lipinski definition) is 1. The minimum atomic E-state index is 0.0300. The number of thioether (sulfide) groups is 1. The molecule has 0 fully saturated rings. The molecule has 0 saturated carbocycles. The van der Waals surface area contributed by atoms with Gasteiger partial charge in [0.15, 0.2) is 0 Å². The second kappa shape index (κ2) is 2.92. The van der Waals surface area contributed by atoms with Crippen molar-refractivity contribution in [2.75, 3.05) is 6.54 Å². The molecule has 0 aliphatic carbocycles. The molecular formula is C7H9NOS. The van der Waals surface area contributed by atoms with Gasteiger partial charge in [0.05, 0.1) is 4.91 Å². The summed E-state index contributed by atoms with van der Waals surface area (Å²) >= 11 is 1.39. The van der Waals surface area contributed by atoms with Crippen LogP contribution < -0.4 is 5.32 Å². The van der Waals surface area contributed by atoms with E-state index in [1.807, 2.05) is 6.92 Å². The molecule has 0 spiro atoms. The zero-order valence-corrected chi connectivity index (χ0v) is 6.62. The summed E-state index contributed by atoms with van der Waals surface area (Å²) in [5, 5.41) is 4.39. The highest BCUT2D eigenvalue weighted by atomic mass is 32.2. The van der Waals surface area contributed by atoms with Gasteiger partial charge in [0.25, 0.3) is 5.91 Å². The third kappa shape index (κ3) is 1.24. The molecule has 0 aromatic heterocycles. The Balaban J connectivity index is 2.77. The number of amides is 1. The number of carbonyl (C=O) groups excluding carboxylic acids is 1. The summed E-state index contributed by atoms with van der Waals surface area (Å²) in [7, 11) is 0. The Labute approximate surface area is 64.4 Å². The monoisotopic (exact) mass is 155 g/mol. The van der Waals surface area contributed by atoms with Gasteiger partial charge >= 0.3 is 0 Å². The topological polar surface area (TPSA) is 29.1 Å². The van der Waals surface area contributed by atoms with Crippen LogP contribution in [-0.2, 0) is 4.79 Å². The molecule has 1 amide bonds. The Hall–Kier alpha value is -0.700. The highest BCUT2D eigenvalue weighted by molar-refractivity contribution is 8.06. The molecule has 1 aliphatic rings. The largest absolute Gasteiger partial charge is 0.348 e. The number of rotatable bonds is 2. The van der Waals surface area contributed by atoms with Crippen LogP contribution in [-0.4, -0.2) is 12.5 Å². The van der Waals surface area contributed by atoms with E-state index in [0.29, 0.717) is 6.54 Å². The summed E-state index contributed by atoms with van der Waals surface area (Å²) in [4.78, 5) is 11.7. The average molecular weight is 155 g/mol. The van der Waals surface area contributed by atoms with E-state index in [4.69, 9.17) is 0 Å². The van der Waals surface area contributed by atoms with Crippen molar-refractivity contribution in [3.63, 3.8) is 0 Å². The van der Waals surface area contributed by atoms with Gasteiger partial charge < -0.3 is 5.32 Å². The smallest absolute Gasteiger partial charge is 0.258 e. The summed E-state index contributed by atoms with van der Waals surface area (Å²) in [5.74, 6) is 0.0300. The van der Waals surface area contributed by atoms with Gasteiger partial charge in [-0.1, -0.05) is 18.3 Å². The van der Waals surface area contributed by atoms with Crippen LogP contribution >= 0.6 is 11.8 Å². The fourth-order valence-electron chi connectivity index (χ4n) is 0.805. The first-order chi connectivity index (χ1) is 4.75. The predicted octanol–water partition coefficient (Wildman–Crippen LogP) is 1.27. The lowest BCUT2D eigenvalue weighted by Crippen LogP contribution is -2.16. The van der Waals surface area contributed by atoms with E-state index < -0.39 is 0 Å². The highest BCUT2D eigenvalue weighted by Gasteiger charge is 2.18. The molecule has 1 N–H and O–H groups in total. The highest BCUT2D eigenvalue weighted by Crippen LogP contribution is 2.23. The van der Waals surface area contributed by atoms with E-state index in [0.717, 1.165) is 10.5 Å². The van der Waals surface area contributed by atoms with Crippen LogP contribution in [0.1, 0.15) is 6.92 Å². The van der Waals surface area contributed by atoms with E-state index in [-0.39, 0.29) is 5.91 Å². The molecule has 3 heteroatoms. The molecule has 0 radical (unpaired) electrons. The zero-order chi connectivity index (χ0) is 7.56. The van der Waals surface area contributed by atoms with Gasteiger partial charge in [-0.15, -0.1) is 0 Å². The third-order valence-electron chi connectivity index (χ3n) is 1.31. The molecule has 1 aliphatic heterocycles. The molecule has 1 rings (SSSR count). The second-order valence-corrected chi connectivity index (χ2v) is 3.05. The second-order valence-electron chi connectivity index (χ2n) is 2.08. The first-order valence-electron chi connectivity index (χ1n) is 3.01. The molecule has 2 nitrogen and oxygen atoms in total. The molecule has 54 valence electrons. The Morgan fingerprint density at radius 2 is 2.50 bits per heavy atom. The van der Waals surface area contributed by atoms with Crippen molar-refractivity contribution in [2.24, 2.45) is 0 Å². The van der Waals surface area contributed by atoms with Gasteiger partial charge in [0.2, 0.25) is 0 Å². The Morgan fingerprint density at radius 3 is 2.90 bits per heavy atom. The first kappa shape index (κ1) is 7.41. The predicted molar refractivity (Wildman–Crippen MR) is 43.5 cm³/mol. The fraction of sp³-hybridized carbons (Fsp3) is 0.286. The van der Waals surface area contributed by atoms with Crippen molar-refractivity contribution >= 4 is 17.7 Å². The number of carbonyl (C=O) groups is 1. The first-order valence-corrected chi connectivity index (χ1v) is 3.89. The van der Waals surface area contributed by atoms with Crippen molar-refractivity contribution < 1.29 is 4.79 Å². The van der Waals surface area contributed by atoms with Crippen LogP contribution in [0.3, 0.4) is 0 Å². The van der Waals surface area contributed by atoms with Crippen LogP contribution in [0, 0.1) is 0 Å². The summed E-state index contributed by atoms with van der Waals surface area (Å²) < 4.78 is 0. The normalized spacial score (nSPS) is 17.5. The van der Waals surface area contributed by atoms with E-state index in [1.54, 1.807) is 5.41 Å². The minimum Gasteiger partial charge on any atom is -0.348 e. The lowest BCUT2D eigenvalue weighted by atomic mass is 10.3. The van der Waals surface area contributed by atoms with Crippen molar-refractivity contribution in [1.29, 1.82) is 0 Å². The molecule has 10 heavy (non-hydrogen) atoms. The van der Waals surface area contributed by atoms with Crippen molar-refractivity contribution in [3.8, 4) is 0 Å². The number of nitrogens with one attached hydrogen (secondary N) is 1. The quantitative estimate of drug-likeness (QED) is 0.650. The van der Waals surface area contributed by atoms with Crippen molar-refractivity contribution in [3.05, 3.63) is 22.5 Å². The lowest BCUT2D eigenvalue weighted by Gasteiger charge is -1.92. The molecular weight excluding hydrogens is 146 g/mol. The molecule has 0 bridgehead atoms. The molecule has 0 unspecified atom stereocenters. The molecule has 0 atom stereocenters. The van der Waals surface area contributed by atoms with Gasteiger partial charge in [-0.2, -0.15) is 0 Å². The maximum Gasteiger partial charge on any atom is 0.258 e. The molecule has 0 aromatic carbocycles. The minimum absolute atomic E-state index is 0.0300. The summed E-state index contributed by atoms with van der Waals surface area (Å²) in [5.41, 5.74) is 1.11. The Kier molecular flexibility index (Phi) is 2.17. The van der Waals surface area contributed by atoms with Gasteiger partial charge in [-0.3, -0.25) is 4.79 Å². The van der Waals surface area contributed by atoms with Crippen LogP contribution in [0.2, 0.25) is 0 Å². The standard InChI is InChI=1S/C7H9NOS/c1-3-10-6-5(2)4-8-7(6)9/h3H,1,4H2,2H3,(H,8,9). The van der Waals surface area contributed by atoms with Crippen molar-refractivity contribution in [2.45, 2.75) is 6.92 Å². The van der Waals surface area contributed by atoms with E-state index >= 15 is 0 Å². The summed E-state index contributed by atoms with van der Waals surface area (Å²) in [6.45, 7) is 6.18. The Morgan fingerprint density at radius 1 is 1.80 bits per heavy atom. The Bertz CT molecular complexity index is 208. The molecule has 1 heterocycles. The van der Waals surface area contributed by atoms with Gasteiger partial charge in [-0.25, -0.2) is 0 Å². The van der Waals surface area contributed by atoms with E-state index in [1.165, 1.54) is 11.8 Å². The zero-order valence-electron chi connectivity index (χ0n) is 5.81. The fourth-order valence-corrected chi connectivity index (χ4v) is 1.42. The summed E-state index contributed by atoms with van der Waals surface area (Å²) in [6.07, 6.45) is 0. The lowest BCUT2D eigenvalue weighted by molar-refractivity contribution is -0.116. The van der Waals surface area contributed by atoms with Gasteiger partial charge in [-0.05, 0) is 17.9 Å². The van der Waals surface area contributed by atoms with Crippen molar-refractivity contribution in [1.82, 2.24) is 5.32 Å². The maximum absolute atomic E-state index is 10.9. The molecule has 0 saturated heterocycles. The summed E-state index contributed by atoms with van der Waals surface area (Å²) in [6, 6.07) is 0. The van der Waals surface area contributed by atoms with Crippen LogP contribution in [0.5, 0.6) is 0 Å². The van der Waals surface area contributed by atoms with E-state index in [2.05, 4.69) is 11.9 Å². The van der Waals surface area contributed by atoms with Gasteiger partial charge in [0.1, 0.15) is 0 Å². The SMILES string of the molecule is C=CSC1=C(C)CNC1=O. The van der Waals surface area contributed by atoms with Crippen LogP contribution in [0.25, 0.3) is 0 Å². The van der Waals surface area contributed by atoms with E-state index in [9.17, 15) is 4.79 Å². The average Bonchev–Trinajstić information content (AvgIpc) is 2.20. The third-order valence-corrected chi connectivity index (χ3v) is 2.25. The number of hydrogen-bond acceptors (Lipinski definition) is 2. The molecule has 0 aromatic rings.